The topological polar surface area (TPSA) is 50.1 Å². The van der Waals surface area contributed by atoms with Gasteiger partial charge in [0.2, 0.25) is 0 Å². The Balaban J connectivity index is 2.45. The zero-order chi connectivity index (χ0) is 21.1. The first-order chi connectivity index (χ1) is 13.0. The van der Waals surface area contributed by atoms with Gasteiger partial charge in [-0.15, -0.1) is 0 Å². The van der Waals surface area contributed by atoms with Crippen LogP contribution in [0.3, 0.4) is 0 Å². The molecule has 0 aliphatic heterocycles. The summed E-state index contributed by atoms with van der Waals surface area (Å²) in [6, 6.07) is 7.30. The number of hydrogen-bond donors (Lipinski definition) is 0. The van der Waals surface area contributed by atoms with Gasteiger partial charge in [-0.2, -0.15) is 31.6 Å². The van der Waals surface area contributed by atoms with Crippen molar-refractivity contribution < 1.29 is 35.9 Å². The van der Waals surface area contributed by atoms with Gasteiger partial charge in [-0.05, 0) is 36.2 Å². The average Bonchev–Trinajstić information content (AvgIpc) is 2.60. The number of hydrogen-bond acceptors (Lipinski definition) is 3. The maximum Gasteiger partial charge on any atom is 0.417 e. The van der Waals surface area contributed by atoms with Crippen LogP contribution < -0.4 is 4.74 Å². The number of nitriles is 1. The van der Waals surface area contributed by atoms with E-state index >= 15 is 0 Å². The van der Waals surface area contributed by atoms with E-state index < -0.39 is 40.8 Å². The molecule has 0 aliphatic carbocycles. The summed E-state index contributed by atoms with van der Waals surface area (Å²) in [5.41, 5.74) is -4.36. The highest BCUT2D eigenvalue weighted by atomic mass is 19.4. The molecule has 2 rings (SSSR count). The molecule has 2 aromatic rings. The molecule has 28 heavy (non-hydrogen) atoms. The summed E-state index contributed by atoms with van der Waals surface area (Å²) in [5, 5.41) is 8.79. The summed E-state index contributed by atoms with van der Waals surface area (Å²) in [5.74, 6) is -2.07. The Morgan fingerprint density at radius 1 is 1.00 bits per heavy atom. The number of carbonyl (C=O) groups excluding carboxylic acids is 1. The molecule has 9 heteroatoms. The molecule has 2 aromatic carbocycles. The Morgan fingerprint density at radius 3 is 1.89 bits per heavy atom. The summed E-state index contributed by atoms with van der Waals surface area (Å²) >= 11 is 0. The van der Waals surface area contributed by atoms with Crippen molar-refractivity contribution in [2.24, 2.45) is 0 Å². The summed E-state index contributed by atoms with van der Waals surface area (Å²) in [6.07, 6.45) is -8.88. The highest BCUT2D eigenvalue weighted by Gasteiger charge is 2.42. The van der Waals surface area contributed by atoms with Crippen molar-refractivity contribution in [2.75, 3.05) is 0 Å². The lowest BCUT2D eigenvalue weighted by atomic mass is 10.0. The van der Waals surface area contributed by atoms with Crippen molar-refractivity contribution in [3.8, 4) is 11.8 Å². The second-order valence-electron chi connectivity index (χ2n) is 5.84. The molecule has 3 nitrogen and oxygen atoms in total. The van der Waals surface area contributed by atoms with Gasteiger partial charge in [-0.1, -0.05) is 25.5 Å². The van der Waals surface area contributed by atoms with Gasteiger partial charge >= 0.3 is 18.3 Å². The second-order valence-corrected chi connectivity index (χ2v) is 5.84. The summed E-state index contributed by atoms with van der Waals surface area (Å²) in [7, 11) is 0. The minimum atomic E-state index is -5.24. The van der Waals surface area contributed by atoms with Crippen molar-refractivity contribution in [3.63, 3.8) is 0 Å². The van der Waals surface area contributed by atoms with Crippen LogP contribution >= 0.6 is 0 Å². The maximum absolute atomic E-state index is 13.1. The van der Waals surface area contributed by atoms with Crippen molar-refractivity contribution in [1.29, 1.82) is 5.26 Å². The Hall–Kier alpha value is -3.02. The Kier molecular flexibility index (Phi) is 6.02. The van der Waals surface area contributed by atoms with Crippen LogP contribution in [-0.4, -0.2) is 5.97 Å². The van der Waals surface area contributed by atoms with Gasteiger partial charge in [-0.25, -0.2) is 4.79 Å². The number of carbonyl (C=O) groups is 1. The van der Waals surface area contributed by atoms with E-state index in [4.69, 9.17) is 10.00 Å². The first kappa shape index (κ1) is 21.3. The number of rotatable bonds is 4. The van der Waals surface area contributed by atoms with E-state index in [9.17, 15) is 31.1 Å². The second kappa shape index (κ2) is 7.92. The molecule has 0 bridgehead atoms. The molecular formula is C19H13F6NO2. The van der Waals surface area contributed by atoms with Gasteiger partial charge in [-0.3, -0.25) is 0 Å². The van der Waals surface area contributed by atoms with Gasteiger partial charge in [0.1, 0.15) is 11.8 Å². The van der Waals surface area contributed by atoms with Gasteiger partial charge in [0.15, 0.2) is 0 Å². The van der Waals surface area contributed by atoms with Gasteiger partial charge < -0.3 is 4.74 Å². The van der Waals surface area contributed by atoms with E-state index in [2.05, 4.69) is 0 Å². The molecule has 0 spiro atoms. The van der Waals surface area contributed by atoms with E-state index in [1.165, 1.54) is 12.1 Å². The molecule has 148 valence electrons. The largest absolute Gasteiger partial charge is 0.423 e. The lowest BCUT2D eigenvalue weighted by Gasteiger charge is -2.16. The smallest absolute Gasteiger partial charge is 0.417 e. The van der Waals surface area contributed by atoms with Crippen LogP contribution in [0.25, 0.3) is 0 Å². The van der Waals surface area contributed by atoms with E-state index in [0.717, 1.165) is 24.5 Å². The van der Waals surface area contributed by atoms with Crippen LogP contribution in [0.2, 0.25) is 0 Å². The third-order valence-corrected chi connectivity index (χ3v) is 3.77. The lowest BCUT2D eigenvalue weighted by molar-refractivity contribution is -0.143. The predicted molar refractivity (Wildman–Crippen MR) is 86.6 cm³/mol. The number of nitrogens with zero attached hydrogens (tertiary/aromatic N) is 1. The van der Waals surface area contributed by atoms with Crippen molar-refractivity contribution in [2.45, 2.75) is 32.1 Å². The van der Waals surface area contributed by atoms with Crippen LogP contribution in [-0.2, 0) is 18.8 Å². The quantitative estimate of drug-likeness (QED) is 0.371. The van der Waals surface area contributed by atoms with Crippen molar-refractivity contribution in [1.82, 2.24) is 0 Å². The van der Waals surface area contributed by atoms with E-state index in [-0.39, 0.29) is 17.7 Å². The number of halogens is 6. The molecular weight excluding hydrogens is 388 g/mol. The SMILES string of the molecule is CCCc1ccc(C(=O)Oc2cc(C(F)(F)F)c(C#N)c(C(F)(F)F)c2)cc1. The fourth-order valence-electron chi connectivity index (χ4n) is 2.50. The molecule has 0 N–H and O–H groups in total. The zero-order valence-electron chi connectivity index (χ0n) is 14.4. The molecule has 0 saturated heterocycles. The van der Waals surface area contributed by atoms with Crippen LogP contribution in [0.1, 0.15) is 46.0 Å². The Labute approximate surface area is 156 Å². The Bertz CT molecular complexity index is 873. The molecule has 0 saturated carbocycles. The minimum Gasteiger partial charge on any atom is -0.423 e. The molecule has 0 aromatic heterocycles. The third-order valence-electron chi connectivity index (χ3n) is 3.77. The zero-order valence-corrected chi connectivity index (χ0v) is 14.4. The summed E-state index contributed by atoms with van der Waals surface area (Å²) in [4.78, 5) is 12.1. The van der Waals surface area contributed by atoms with Crippen molar-refractivity contribution in [3.05, 3.63) is 64.2 Å². The molecule has 0 aliphatic rings. The number of aryl methyl sites for hydroxylation is 1. The molecule has 0 amide bonds. The molecule has 0 radical (unpaired) electrons. The number of esters is 1. The Morgan fingerprint density at radius 2 is 1.50 bits per heavy atom. The summed E-state index contributed by atoms with van der Waals surface area (Å²) in [6.45, 7) is 1.95. The highest BCUT2D eigenvalue weighted by molar-refractivity contribution is 5.91. The van der Waals surface area contributed by atoms with E-state index in [0.29, 0.717) is 0 Å². The first-order valence-electron chi connectivity index (χ1n) is 8.01. The fraction of sp³-hybridized carbons (Fsp3) is 0.263. The molecule has 0 heterocycles. The monoisotopic (exact) mass is 401 g/mol. The average molecular weight is 401 g/mol. The van der Waals surface area contributed by atoms with Gasteiger partial charge in [0.25, 0.3) is 0 Å². The lowest BCUT2D eigenvalue weighted by Crippen LogP contribution is -2.17. The van der Waals surface area contributed by atoms with Gasteiger partial charge in [0, 0.05) is 0 Å². The van der Waals surface area contributed by atoms with Gasteiger partial charge in [0.05, 0.1) is 22.3 Å². The maximum atomic E-state index is 13.1. The molecule has 0 atom stereocenters. The number of benzene rings is 2. The van der Waals surface area contributed by atoms with Crippen molar-refractivity contribution >= 4 is 5.97 Å². The minimum absolute atomic E-state index is 0.0358. The van der Waals surface area contributed by atoms with E-state index in [1.54, 1.807) is 12.1 Å². The standard InChI is InChI=1S/C19H13F6NO2/c1-2-3-11-4-6-12(7-5-11)17(27)28-13-8-15(18(20,21)22)14(10-26)16(9-13)19(23,24)25/h4-9H,2-3H2,1H3. The fourth-order valence-corrected chi connectivity index (χ4v) is 2.50. The van der Waals surface area contributed by atoms with Crippen LogP contribution in [0.4, 0.5) is 26.3 Å². The highest BCUT2D eigenvalue weighted by Crippen LogP contribution is 2.41. The number of ether oxygens (including phenoxy) is 1. The summed E-state index contributed by atoms with van der Waals surface area (Å²) < 4.78 is 83.3. The normalized spacial score (nSPS) is 11.8. The third kappa shape index (κ3) is 4.82. The van der Waals surface area contributed by atoms with Crippen LogP contribution in [0.15, 0.2) is 36.4 Å². The van der Waals surface area contributed by atoms with Crippen LogP contribution in [0.5, 0.6) is 5.75 Å². The van der Waals surface area contributed by atoms with E-state index in [1.807, 2.05) is 6.92 Å². The number of alkyl halides is 6. The molecule has 0 fully saturated rings. The molecule has 0 unspecified atom stereocenters. The first-order valence-corrected chi connectivity index (χ1v) is 8.01. The van der Waals surface area contributed by atoms with Crippen LogP contribution in [0, 0.1) is 11.3 Å². The predicted octanol–water partition coefficient (Wildman–Crippen LogP) is 5.77.